The number of piperazine rings is 1. The summed E-state index contributed by atoms with van der Waals surface area (Å²) in [7, 11) is 1.99. The van der Waals surface area contributed by atoms with Crippen LogP contribution in [0, 0.1) is 6.92 Å². The lowest BCUT2D eigenvalue weighted by Gasteiger charge is -2.33. The third-order valence-corrected chi connectivity index (χ3v) is 5.20. The first-order chi connectivity index (χ1) is 13.6. The number of anilines is 2. The number of hydrogen-bond donors (Lipinski definition) is 2. The highest BCUT2D eigenvalue weighted by atomic mass is 19.4. The van der Waals surface area contributed by atoms with Crippen molar-refractivity contribution < 1.29 is 18.0 Å². The molecule has 5 nitrogen and oxygen atoms in total. The lowest BCUT2D eigenvalue weighted by molar-refractivity contribution is -0.138. The van der Waals surface area contributed by atoms with Crippen molar-refractivity contribution >= 4 is 17.3 Å². The Labute approximate surface area is 168 Å². The number of nitrogens with one attached hydrogen (secondary N) is 1. The number of nitrogens with two attached hydrogens (primary N) is 1. The molecule has 1 heterocycles. The van der Waals surface area contributed by atoms with Crippen molar-refractivity contribution in [3.05, 3.63) is 58.7 Å². The molecule has 156 valence electrons. The van der Waals surface area contributed by atoms with Crippen LogP contribution in [0.5, 0.6) is 0 Å². The average molecular weight is 406 g/mol. The van der Waals surface area contributed by atoms with Gasteiger partial charge in [-0.25, -0.2) is 0 Å². The first kappa shape index (κ1) is 21.1. The first-order valence-electron chi connectivity index (χ1n) is 9.42. The van der Waals surface area contributed by atoms with Gasteiger partial charge in [0.15, 0.2) is 0 Å². The smallest absolute Gasteiger partial charge is 0.398 e. The van der Waals surface area contributed by atoms with Crippen LogP contribution >= 0.6 is 0 Å². The number of benzene rings is 2. The van der Waals surface area contributed by atoms with E-state index in [-0.39, 0.29) is 17.7 Å². The van der Waals surface area contributed by atoms with E-state index in [9.17, 15) is 18.0 Å². The van der Waals surface area contributed by atoms with E-state index in [4.69, 9.17) is 5.73 Å². The molecule has 0 radical (unpaired) electrons. The van der Waals surface area contributed by atoms with Crippen LogP contribution in [0.25, 0.3) is 0 Å². The molecule has 0 bridgehead atoms. The third-order valence-electron chi connectivity index (χ3n) is 5.20. The topological polar surface area (TPSA) is 61.6 Å². The molecule has 0 unspecified atom stereocenters. The normalized spacial score (nSPS) is 16.0. The van der Waals surface area contributed by atoms with Crippen LogP contribution in [0.1, 0.15) is 27.0 Å². The fraction of sp³-hybridized carbons (Fsp3) is 0.381. The summed E-state index contributed by atoms with van der Waals surface area (Å²) in [6, 6.07) is 8.76. The molecule has 0 spiro atoms. The standard InChI is InChI=1S/C21H25F3N4O/c1-14-3-6-17(12-19(14)25)26-20(29)15-4-5-16(18(11-15)21(22,23)24)13-28-9-7-27(2)8-10-28/h3-6,11-12H,7-10,13,25H2,1-2H3,(H,26,29). The molecule has 8 heteroatoms. The summed E-state index contributed by atoms with van der Waals surface area (Å²) in [6.45, 7) is 5.10. The monoisotopic (exact) mass is 406 g/mol. The zero-order chi connectivity index (χ0) is 21.2. The van der Waals surface area contributed by atoms with E-state index in [0.29, 0.717) is 24.5 Å². The molecule has 0 saturated carbocycles. The molecule has 1 fully saturated rings. The average Bonchev–Trinajstić information content (AvgIpc) is 2.66. The number of nitrogen functional groups attached to an aromatic ring is 1. The number of carbonyl (C=O) groups is 1. The molecule has 0 aliphatic carbocycles. The van der Waals surface area contributed by atoms with Crippen molar-refractivity contribution in [3.8, 4) is 0 Å². The Morgan fingerprint density at radius 2 is 1.79 bits per heavy atom. The van der Waals surface area contributed by atoms with Gasteiger partial charge in [0.05, 0.1) is 5.56 Å². The predicted molar refractivity (Wildman–Crippen MR) is 108 cm³/mol. The second kappa shape index (κ2) is 8.42. The summed E-state index contributed by atoms with van der Waals surface area (Å²) in [5.74, 6) is -0.607. The van der Waals surface area contributed by atoms with E-state index < -0.39 is 17.6 Å². The highest BCUT2D eigenvalue weighted by molar-refractivity contribution is 6.04. The second-order valence-corrected chi connectivity index (χ2v) is 7.47. The number of likely N-dealkylation sites (N-methyl/N-ethyl adjacent to an activating group) is 1. The van der Waals surface area contributed by atoms with Gasteiger partial charge in [0.25, 0.3) is 5.91 Å². The number of carbonyl (C=O) groups excluding carboxylic acids is 1. The molecule has 1 amide bonds. The molecule has 2 aromatic rings. The number of aryl methyl sites for hydroxylation is 1. The fourth-order valence-corrected chi connectivity index (χ4v) is 3.29. The molecule has 2 aromatic carbocycles. The minimum absolute atomic E-state index is 0.0430. The Kier molecular flexibility index (Phi) is 6.14. The van der Waals surface area contributed by atoms with Gasteiger partial charge >= 0.3 is 6.18 Å². The van der Waals surface area contributed by atoms with Crippen LogP contribution in [0.15, 0.2) is 36.4 Å². The summed E-state index contributed by atoms with van der Waals surface area (Å²) < 4.78 is 41.0. The minimum atomic E-state index is -4.54. The summed E-state index contributed by atoms with van der Waals surface area (Å²) in [6.07, 6.45) is -4.54. The van der Waals surface area contributed by atoms with Gasteiger partial charge < -0.3 is 16.0 Å². The van der Waals surface area contributed by atoms with Gasteiger partial charge in [-0.15, -0.1) is 0 Å². The maximum absolute atomic E-state index is 13.7. The number of hydrogen-bond acceptors (Lipinski definition) is 4. The molecular formula is C21H25F3N4O. The van der Waals surface area contributed by atoms with Gasteiger partial charge in [0, 0.05) is 49.7 Å². The quantitative estimate of drug-likeness (QED) is 0.762. The molecule has 3 N–H and O–H groups in total. The number of alkyl halides is 3. The molecule has 0 atom stereocenters. The van der Waals surface area contributed by atoms with Gasteiger partial charge in [0.1, 0.15) is 0 Å². The van der Waals surface area contributed by atoms with Crippen LogP contribution in [0.2, 0.25) is 0 Å². The lowest BCUT2D eigenvalue weighted by atomic mass is 10.0. The number of nitrogens with zero attached hydrogens (tertiary/aromatic N) is 2. The van der Waals surface area contributed by atoms with Crippen LogP contribution in [0.4, 0.5) is 24.5 Å². The zero-order valence-corrected chi connectivity index (χ0v) is 16.5. The SMILES string of the molecule is Cc1ccc(NC(=O)c2ccc(CN3CCN(C)CC3)c(C(F)(F)F)c2)cc1N. The maximum atomic E-state index is 13.7. The van der Waals surface area contributed by atoms with Crippen molar-refractivity contribution in [3.63, 3.8) is 0 Å². The van der Waals surface area contributed by atoms with Crippen LogP contribution in [-0.4, -0.2) is 48.9 Å². The molecule has 1 aliphatic rings. The number of amides is 1. The fourth-order valence-electron chi connectivity index (χ4n) is 3.29. The zero-order valence-electron chi connectivity index (χ0n) is 16.5. The summed E-state index contributed by atoms with van der Waals surface area (Å²) >= 11 is 0. The van der Waals surface area contributed by atoms with E-state index in [0.717, 1.165) is 24.7 Å². The van der Waals surface area contributed by atoms with Crippen LogP contribution in [0.3, 0.4) is 0 Å². The highest BCUT2D eigenvalue weighted by Gasteiger charge is 2.34. The minimum Gasteiger partial charge on any atom is -0.398 e. The molecule has 3 rings (SSSR count). The Morgan fingerprint density at radius 3 is 2.41 bits per heavy atom. The molecule has 0 aromatic heterocycles. The van der Waals surface area contributed by atoms with Crippen molar-refractivity contribution in [1.82, 2.24) is 9.80 Å². The molecule has 1 aliphatic heterocycles. The Morgan fingerprint density at radius 1 is 1.10 bits per heavy atom. The van der Waals surface area contributed by atoms with Crippen molar-refractivity contribution in [2.45, 2.75) is 19.6 Å². The van der Waals surface area contributed by atoms with E-state index in [1.807, 2.05) is 18.9 Å². The number of rotatable bonds is 4. The van der Waals surface area contributed by atoms with Crippen molar-refractivity contribution in [2.24, 2.45) is 0 Å². The molecule has 29 heavy (non-hydrogen) atoms. The van der Waals surface area contributed by atoms with Crippen molar-refractivity contribution in [2.75, 3.05) is 44.3 Å². The van der Waals surface area contributed by atoms with Gasteiger partial charge in [-0.05, 0) is 49.4 Å². The number of halogens is 3. The van der Waals surface area contributed by atoms with Crippen molar-refractivity contribution in [1.29, 1.82) is 0 Å². The van der Waals surface area contributed by atoms with E-state index in [1.54, 1.807) is 18.2 Å². The Hall–Kier alpha value is -2.58. The van der Waals surface area contributed by atoms with Gasteiger partial charge in [-0.1, -0.05) is 12.1 Å². The Balaban J connectivity index is 1.81. The summed E-state index contributed by atoms with van der Waals surface area (Å²) in [4.78, 5) is 16.6. The maximum Gasteiger partial charge on any atom is 0.416 e. The summed E-state index contributed by atoms with van der Waals surface area (Å²) in [5, 5.41) is 2.61. The van der Waals surface area contributed by atoms with Gasteiger partial charge in [0.2, 0.25) is 0 Å². The first-order valence-corrected chi connectivity index (χ1v) is 9.42. The molecule has 1 saturated heterocycles. The highest BCUT2D eigenvalue weighted by Crippen LogP contribution is 2.33. The lowest BCUT2D eigenvalue weighted by Crippen LogP contribution is -2.44. The van der Waals surface area contributed by atoms with Gasteiger partial charge in [-0.2, -0.15) is 13.2 Å². The second-order valence-electron chi connectivity index (χ2n) is 7.47. The largest absolute Gasteiger partial charge is 0.416 e. The van der Waals surface area contributed by atoms with E-state index >= 15 is 0 Å². The Bertz CT molecular complexity index is 890. The predicted octanol–water partition coefficient (Wildman–Crippen LogP) is 3.60. The van der Waals surface area contributed by atoms with E-state index in [2.05, 4.69) is 10.2 Å². The summed E-state index contributed by atoms with van der Waals surface area (Å²) in [5.41, 5.74) is 6.99. The molecular weight excluding hydrogens is 381 g/mol. The van der Waals surface area contributed by atoms with E-state index in [1.165, 1.54) is 12.1 Å². The van der Waals surface area contributed by atoms with Crippen LogP contribution < -0.4 is 11.1 Å². The van der Waals surface area contributed by atoms with Gasteiger partial charge in [-0.3, -0.25) is 9.69 Å². The van der Waals surface area contributed by atoms with Crippen LogP contribution in [-0.2, 0) is 12.7 Å². The third kappa shape index (κ3) is 5.27.